The number of carbonyl (C=O) groups is 1. The number of nitrogens with zero attached hydrogens (tertiary/aromatic N) is 2. The molecular formula is C17H28N2OS. The summed E-state index contributed by atoms with van der Waals surface area (Å²) in [6.45, 7) is 11.8. The molecule has 1 heterocycles. The molecule has 118 valence electrons. The Hall–Kier alpha value is -0.900. The third kappa shape index (κ3) is 3.85. The van der Waals surface area contributed by atoms with Crippen LogP contribution in [0.5, 0.6) is 0 Å². The Morgan fingerprint density at radius 2 is 1.95 bits per heavy atom. The van der Waals surface area contributed by atoms with E-state index in [0.29, 0.717) is 12.3 Å². The van der Waals surface area contributed by atoms with Gasteiger partial charge in [0.15, 0.2) is 4.80 Å². The minimum Gasteiger partial charge on any atom is -0.321 e. The Bertz CT molecular complexity index is 569. The number of aromatic nitrogens is 1. The Kier molecular flexibility index (Phi) is 5.07. The predicted molar refractivity (Wildman–Crippen MR) is 88.6 cm³/mol. The Morgan fingerprint density at radius 3 is 2.48 bits per heavy atom. The van der Waals surface area contributed by atoms with Crippen LogP contribution < -0.4 is 4.80 Å². The highest BCUT2D eigenvalue weighted by atomic mass is 32.1. The zero-order valence-electron chi connectivity index (χ0n) is 14.0. The minimum absolute atomic E-state index is 0.0609. The highest BCUT2D eigenvalue weighted by Gasteiger charge is 2.22. The molecule has 0 atom stereocenters. The van der Waals surface area contributed by atoms with Gasteiger partial charge in [-0.1, -0.05) is 33.6 Å². The van der Waals surface area contributed by atoms with Crippen molar-refractivity contribution in [1.29, 1.82) is 0 Å². The maximum absolute atomic E-state index is 12.2. The number of amides is 1. The van der Waals surface area contributed by atoms with Gasteiger partial charge in [-0.15, -0.1) is 11.3 Å². The minimum atomic E-state index is 0.0609. The van der Waals surface area contributed by atoms with Crippen molar-refractivity contribution >= 4 is 17.2 Å². The first-order valence-corrected chi connectivity index (χ1v) is 8.92. The van der Waals surface area contributed by atoms with E-state index >= 15 is 0 Å². The van der Waals surface area contributed by atoms with Gasteiger partial charge in [-0.25, -0.2) is 0 Å². The lowest BCUT2D eigenvalue weighted by atomic mass is 9.93. The fourth-order valence-corrected chi connectivity index (χ4v) is 4.52. The van der Waals surface area contributed by atoms with Crippen molar-refractivity contribution in [3.8, 4) is 0 Å². The van der Waals surface area contributed by atoms with Crippen LogP contribution in [-0.2, 0) is 16.8 Å². The second kappa shape index (κ2) is 6.47. The molecule has 0 bridgehead atoms. The van der Waals surface area contributed by atoms with Gasteiger partial charge in [0, 0.05) is 23.5 Å². The fourth-order valence-electron chi connectivity index (χ4n) is 3.25. The van der Waals surface area contributed by atoms with E-state index in [1.54, 1.807) is 11.3 Å². The van der Waals surface area contributed by atoms with Crippen molar-refractivity contribution in [2.45, 2.75) is 78.7 Å². The smallest absolute Gasteiger partial charge is 0.248 e. The molecule has 1 aromatic heterocycles. The highest BCUT2D eigenvalue weighted by molar-refractivity contribution is 7.09. The first kappa shape index (κ1) is 16.5. The average molecular weight is 308 g/mol. The third-order valence-corrected chi connectivity index (χ3v) is 5.92. The Morgan fingerprint density at radius 1 is 1.33 bits per heavy atom. The van der Waals surface area contributed by atoms with E-state index in [-0.39, 0.29) is 11.3 Å². The van der Waals surface area contributed by atoms with E-state index in [1.807, 2.05) is 0 Å². The van der Waals surface area contributed by atoms with Crippen molar-refractivity contribution in [2.24, 2.45) is 10.9 Å². The molecule has 0 unspecified atom stereocenters. The maximum Gasteiger partial charge on any atom is 0.248 e. The third-order valence-electron chi connectivity index (χ3n) is 4.31. The molecule has 0 spiro atoms. The van der Waals surface area contributed by atoms with Crippen LogP contribution in [0.4, 0.5) is 0 Å². The molecule has 0 N–H and O–H groups in total. The average Bonchev–Trinajstić information content (AvgIpc) is 2.96. The topological polar surface area (TPSA) is 34.4 Å². The van der Waals surface area contributed by atoms with Gasteiger partial charge < -0.3 is 4.57 Å². The summed E-state index contributed by atoms with van der Waals surface area (Å²) in [5.41, 5.74) is 1.36. The van der Waals surface area contributed by atoms with Crippen molar-refractivity contribution < 1.29 is 4.79 Å². The van der Waals surface area contributed by atoms with Crippen LogP contribution in [0.3, 0.4) is 0 Å². The maximum atomic E-state index is 12.2. The van der Waals surface area contributed by atoms with Gasteiger partial charge in [0.1, 0.15) is 0 Å². The molecule has 2 rings (SSSR count). The summed E-state index contributed by atoms with van der Waals surface area (Å²) < 4.78 is 2.18. The van der Waals surface area contributed by atoms with Gasteiger partial charge in [0.25, 0.3) is 0 Å². The van der Waals surface area contributed by atoms with Gasteiger partial charge >= 0.3 is 0 Å². The van der Waals surface area contributed by atoms with E-state index in [2.05, 4.69) is 44.2 Å². The molecule has 0 aromatic carbocycles. The second-order valence-corrected chi connectivity index (χ2v) is 8.13. The molecule has 1 aliphatic rings. The van der Waals surface area contributed by atoms with Crippen LogP contribution in [-0.4, -0.2) is 10.5 Å². The molecule has 4 heteroatoms. The monoisotopic (exact) mass is 308 g/mol. The molecule has 1 aromatic rings. The van der Waals surface area contributed by atoms with Crippen LogP contribution in [0.2, 0.25) is 0 Å². The van der Waals surface area contributed by atoms with E-state index in [0.717, 1.165) is 11.3 Å². The lowest BCUT2D eigenvalue weighted by molar-refractivity contribution is -0.118. The molecule has 0 saturated heterocycles. The molecular weight excluding hydrogens is 280 g/mol. The van der Waals surface area contributed by atoms with Crippen LogP contribution in [0, 0.1) is 12.8 Å². The van der Waals surface area contributed by atoms with Gasteiger partial charge in [-0.2, -0.15) is 4.99 Å². The molecule has 0 aliphatic heterocycles. The Labute approximate surface area is 132 Å². The zero-order chi connectivity index (χ0) is 15.6. The number of thiazole rings is 1. The summed E-state index contributed by atoms with van der Waals surface area (Å²) in [7, 11) is 0. The quantitative estimate of drug-likeness (QED) is 0.824. The summed E-state index contributed by atoms with van der Waals surface area (Å²) >= 11 is 1.68. The fraction of sp³-hybridized carbons (Fsp3) is 0.765. The van der Waals surface area contributed by atoms with Gasteiger partial charge in [0.2, 0.25) is 5.91 Å². The van der Waals surface area contributed by atoms with Crippen LogP contribution in [0.15, 0.2) is 4.99 Å². The zero-order valence-corrected chi connectivity index (χ0v) is 14.8. The second-order valence-electron chi connectivity index (χ2n) is 7.15. The van der Waals surface area contributed by atoms with Crippen LogP contribution >= 0.6 is 11.3 Å². The lowest BCUT2D eigenvalue weighted by Crippen LogP contribution is -2.18. The van der Waals surface area contributed by atoms with Crippen molar-refractivity contribution in [2.75, 3.05) is 0 Å². The number of hydrogen-bond acceptors (Lipinski definition) is 2. The standard InChI is InChI=1S/C17H28N2OS/c1-6-19-12(2)15(17(3,4)5)21-16(19)18-14(20)11-13-9-7-8-10-13/h13H,6-11H2,1-5H3. The molecule has 21 heavy (non-hydrogen) atoms. The molecule has 1 aliphatic carbocycles. The molecule has 1 amide bonds. The first-order chi connectivity index (χ1) is 9.82. The van der Waals surface area contributed by atoms with Crippen molar-refractivity contribution in [3.63, 3.8) is 0 Å². The highest BCUT2D eigenvalue weighted by Crippen LogP contribution is 2.29. The van der Waals surface area contributed by atoms with Crippen molar-refractivity contribution in [3.05, 3.63) is 15.4 Å². The SMILES string of the molecule is CCn1c(C)c(C(C)(C)C)sc1=NC(=O)CC1CCCC1. The summed E-state index contributed by atoms with van der Waals surface area (Å²) in [4.78, 5) is 18.9. The van der Waals surface area contributed by atoms with Gasteiger partial charge in [-0.05, 0) is 38.0 Å². The van der Waals surface area contributed by atoms with Gasteiger partial charge in [0.05, 0.1) is 0 Å². The first-order valence-electron chi connectivity index (χ1n) is 8.11. The molecule has 1 fully saturated rings. The largest absolute Gasteiger partial charge is 0.321 e. The number of rotatable bonds is 3. The summed E-state index contributed by atoms with van der Waals surface area (Å²) in [5.74, 6) is 0.630. The van der Waals surface area contributed by atoms with E-state index in [9.17, 15) is 4.79 Å². The summed E-state index contributed by atoms with van der Waals surface area (Å²) in [6.07, 6.45) is 5.58. The number of carbonyl (C=O) groups excluding carboxylic acids is 1. The summed E-state index contributed by atoms with van der Waals surface area (Å²) in [6, 6.07) is 0. The normalized spacial score (nSPS) is 17.7. The lowest BCUT2D eigenvalue weighted by Gasteiger charge is -2.17. The van der Waals surface area contributed by atoms with Crippen molar-refractivity contribution in [1.82, 2.24) is 4.57 Å². The summed E-state index contributed by atoms with van der Waals surface area (Å²) in [5, 5.41) is 0. The van der Waals surface area contributed by atoms with E-state index < -0.39 is 0 Å². The van der Waals surface area contributed by atoms with E-state index in [4.69, 9.17) is 0 Å². The van der Waals surface area contributed by atoms with Crippen LogP contribution in [0.1, 0.15) is 70.4 Å². The number of hydrogen-bond donors (Lipinski definition) is 0. The molecule has 3 nitrogen and oxygen atoms in total. The molecule has 1 saturated carbocycles. The van der Waals surface area contributed by atoms with Crippen LogP contribution in [0.25, 0.3) is 0 Å². The molecule has 0 radical (unpaired) electrons. The van der Waals surface area contributed by atoms with E-state index in [1.165, 1.54) is 36.3 Å². The predicted octanol–water partition coefficient (Wildman–Crippen LogP) is 4.18. The Balaban J connectivity index is 2.29. The van der Waals surface area contributed by atoms with Gasteiger partial charge in [-0.3, -0.25) is 4.79 Å².